The van der Waals surface area contributed by atoms with E-state index in [9.17, 15) is 4.79 Å². The maximum absolute atomic E-state index is 12.0. The summed E-state index contributed by atoms with van der Waals surface area (Å²) in [5, 5.41) is 3.33. The Balaban J connectivity index is 1.63. The maximum atomic E-state index is 12.0. The maximum Gasteiger partial charge on any atom is 0.308 e. The van der Waals surface area contributed by atoms with E-state index in [1.54, 1.807) is 0 Å². The van der Waals surface area contributed by atoms with Gasteiger partial charge in [0.25, 0.3) is 0 Å². The molecule has 0 bridgehead atoms. The van der Waals surface area contributed by atoms with Gasteiger partial charge in [0.1, 0.15) is 6.61 Å². The summed E-state index contributed by atoms with van der Waals surface area (Å²) >= 11 is 0. The van der Waals surface area contributed by atoms with Gasteiger partial charge in [0.05, 0.1) is 164 Å². The predicted molar refractivity (Wildman–Crippen MR) is 195 cm³/mol. The molecule has 310 valence electrons. The zero-order chi connectivity index (χ0) is 37.3. The van der Waals surface area contributed by atoms with Gasteiger partial charge in [-0.1, -0.05) is 26.7 Å². The average molecular weight is 756 g/mol. The molecule has 52 heavy (non-hydrogen) atoms. The monoisotopic (exact) mass is 756 g/mol. The van der Waals surface area contributed by atoms with Gasteiger partial charge in [-0.05, 0) is 38.8 Å². The molecule has 0 saturated carbocycles. The molecule has 0 aromatic carbocycles. The van der Waals surface area contributed by atoms with Crippen LogP contribution < -0.4 is 5.32 Å². The molecule has 1 unspecified atom stereocenters. The topological polar surface area (TPSA) is 149 Å². The first-order chi connectivity index (χ1) is 25.8. The molecular formula is C37H73NO14. The summed E-state index contributed by atoms with van der Waals surface area (Å²) in [6, 6.07) is 0. The number of nitrogens with one attached hydrogen (secondary N) is 1. The van der Waals surface area contributed by atoms with E-state index in [0.717, 1.165) is 51.6 Å². The van der Waals surface area contributed by atoms with E-state index in [1.165, 1.54) is 0 Å². The fourth-order valence-electron chi connectivity index (χ4n) is 4.80. The first-order valence-electron chi connectivity index (χ1n) is 19.6. The zero-order valence-corrected chi connectivity index (χ0v) is 32.5. The van der Waals surface area contributed by atoms with Crippen molar-refractivity contribution in [2.45, 2.75) is 58.5 Å². The molecule has 0 aliphatic carbocycles. The summed E-state index contributed by atoms with van der Waals surface area (Å²) in [6.07, 6.45) is 6.36. The van der Waals surface area contributed by atoms with E-state index in [0.29, 0.717) is 158 Å². The Morgan fingerprint density at radius 2 is 0.788 bits per heavy atom. The van der Waals surface area contributed by atoms with E-state index >= 15 is 0 Å². The molecule has 0 radical (unpaired) electrons. The molecule has 1 N–H and O–H groups in total. The smallest absolute Gasteiger partial charge is 0.308 e. The highest BCUT2D eigenvalue weighted by atomic mass is 16.6. The number of ether oxygens (including phenoxy) is 13. The average Bonchev–Trinajstić information content (AvgIpc) is 3.16. The van der Waals surface area contributed by atoms with Crippen LogP contribution in [0.4, 0.5) is 0 Å². The molecule has 1 atom stereocenters. The Kier molecular flexibility index (Phi) is 38.7. The summed E-state index contributed by atoms with van der Waals surface area (Å²) in [4.78, 5) is 12.0. The second-order valence-electron chi connectivity index (χ2n) is 12.0. The van der Waals surface area contributed by atoms with Gasteiger partial charge in [0.2, 0.25) is 0 Å². The van der Waals surface area contributed by atoms with E-state index in [4.69, 9.17) is 61.6 Å². The number of esters is 1. The van der Waals surface area contributed by atoms with Crippen LogP contribution in [0, 0.1) is 5.92 Å². The molecule has 0 spiro atoms. The van der Waals surface area contributed by atoms with Crippen LogP contribution in [0.15, 0.2) is 0 Å². The van der Waals surface area contributed by atoms with Crippen molar-refractivity contribution in [2.24, 2.45) is 5.92 Å². The third-order valence-electron chi connectivity index (χ3n) is 7.79. The first kappa shape index (κ1) is 49.0. The van der Waals surface area contributed by atoms with Gasteiger partial charge in [0.15, 0.2) is 0 Å². The minimum Gasteiger partial charge on any atom is -0.463 e. The predicted octanol–water partition coefficient (Wildman–Crippen LogP) is 2.70. The van der Waals surface area contributed by atoms with Crippen LogP contribution in [-0.4, -0.2) is 184 Å². The van der Waals surface area contributed by atoms with Gasteiger partial charge >= 0.3 is 5.97 Å². The molecule has 0 aromatic heterocycles. The van der Waals surface area contributed by atoms with Crippen LogP contribution in [0.3, 0.4) is 0 Å². The zero-order valence-electron chi connectivity index (χ0n) is 32.5. The number of hydrogen-bond acceptors (Lipinski definition) is 15. The summed E-state index contributed by atoms with van der Waals surface area (Å²) < 4.78 is 71.5. The van der Waals surface area contributed by atoms with Crippen LogP contribution in [0.5, 0.6) is 0 Å². The van der Waals surface area contributed by atoms with Crippen molar-refractivity contribution in [2.75, 3.05) is 172 Å². The molecule has 15 heteroatoms. The van der Waals surface area contributed by atoms with E-state index < -0.39 is 0 Å². The second kappa shape index (κ2) is 41.1. The highest BCUT2D eigenvalue weighted by molar-refractivity contribution is 5.72. The van der Waals surface area contributed by atoms with Gasteiger partial charge < -0.3 is 66.9 Å². The SMILES string of the molecule is CCCCC(CC)C(=O)OCCOCCOCCOCCOCCOCCOCCOCCOCCOCCOCCOCCOC1CCNCC1. The second-order valence-corrected chi connectivity index (χ2v) is 12.0. The summed E-state index contributed by atoms with van der Waals surface area (Å²) in [5.41, 5.74) is 0. The molecule has 1 heterocycles. The number of unbranched alkanes of at least 4 members (excludes halogenated alkanes) is 1. The first-order valence-corrected chi connectivity index (χ1v) is 19.6. The summed E-state index contributed by atoms with van der Waals surface area (Å²) in [5.74, 6) is -0.124. The largest absolute Gasteiger partial charge is 0.463 e. The van der Waals surface area contributed by atoms with Crippen LogP contribution in [0.2, 0.25) is 0 Å². The van der Waals surface area contributed by atoms with Crippen molar-refractivity contribution in [1.82, 2.24) is 5.32 Å². The number of hydrogen-bond donors (Lipinski definition) is 1. The lowest BCUT2D eigenvalue weighted by molar-refractivity contribution is -0.150. The lowest BCUT2D eigenvalue weighted by atomic mass is 10.00. The van der Waals surface area contributed by atoms with Crippen molar-refractivity contribution in [3.8, 4) is 0 Å². The number of piperidine rings is 1. The third kappa shape index (κ3) is 34.7. The minimum atomic E-state index is -0.120. The van der Waals surface area contributed by atoms with Crippen molar-refractivity contribution >= 4 is 5.97 Å². The van der Waals surface area contributed by atoms with Gasteiger partial charge in [0, 0.05) is 0 Å². The fourth-order valence-corrected chi connectivity index (χ4v) is 4.80. The molecule has 1 saturated heterocycles. The Labute approximate surface area is 313 Å². The number of rotatable bonds is 42. The van der Waals surface area contributed by atoms with Gasteiger partial charge in [-0.15, -0.1) is 0 Å². The van der Waals surface area contributed by atoms with Gasteiger partial charge in [-0.2, -0.15) is 0 Å². The van der Waals surface area contributed by atoms with Gasteiger partial charge in [-0.3, -0.25) is 4.79 Å². The number of carbonyl (C=O) groups is 1. The highest BCUT2D eigenvalue weighted by Crippen LogP contribution is 2.14. The minimum absolute atomic E-state index is 0.00435. The van der Waals surface area contributed by atoms with Crippen LogP contribution >= 0.6 is 0 Å². The molecule has 15 nitrogen and oxygen atoms in total. The van der Waals surface area contributed by atoms with Crippen molar-refractivity contribution < 1.29 is 66.4 Å². The Hall–Kier alpha value is -1.05. The van der Waals surface area contributed by atoms with Crippen molar-refractivity contribution in [3.05, 3.63) is 0 Å². The molecule has 0 aromatic rings. The molecule has 0 amide bonds. The lowest BCUT2D eigenvalue weighted by Crippen LogP contribution is -2.33. The molecular weight excluding hydrogens is 682 g/mol. The quantitative estimate of drug-likeness (QED) is 0.0719. The Morgan fingerprint density at radius 1 is 0.481 bits per heavy atom. The molecule has 1 aliphatic heterocycles. The van der Waals surface area contributed by atoms with Crippen LogP contribution in [0.25, 0.3) is 0 Å². The summed E-state index contributed by atoms with van der Waals surface area (Å²) in [7, 11) is 0. The molecule has 1 aliphatic rings. The molecule has 1 fully saturated rings. The third-order valence-corrected chi connectivity index (χ3v) is 7.79. The highest BCUT2D eigenvalue weighted by Gasteiger charge is 2.17. The number of carbonyl (C=O) groups excluding carboxylic acids is 1. The standard InChI is InChI=1S/C37H73NO14/c1-3-5-6-35(4-2)37(39)52-34-32-50-30-28-48-26-24-46-22-20-44-18-16-42-14-12-40-11-13-41-15-17-43-19-21-45-23-25-47-27-29-49-31-33-51-36-7-9-38-10-8-36/h35-36,38H,3-34H2,1-2H3. The van der Waals surface area contributed by atoms with E-state index in [2.05, 4.69) is 12.2 Å². The van der Waals surface area contributed by atoms with Gasteiger partial charge in [-0.25, -0.2) is 0 Å². The van der Waals surface area contributed by atoms with Crippen molar-refractivity contribution in [3.63, 3.8) is 0 Å². The molecule has 1 rings (SSSR count). The lowest BCUT2D eigenvalue weighted by Gasteiger charge is -2.22. The van der Waals surface area contributed by atoms with E-state index in [-0.39, 0.29) is 18.5 Å². The Bertz CT molecular complexity index is 720. The summed E-state index contributed by atoms with van der Waals surface area (Å²) in [6.45, 7) is 18.2. The fraction of sp³-hybridized carbons (Fsp3) is 0.973. The van der Waals surface area contributed by atoms with Crippen LogP contribution in [0.1, 0.15) is 52.4 Å². The normalized spacial score (nSPS) is 14.3. The van der Waals surface area contributed by atoms with Crippen LogP contribution in [-0.2, 0) is 66.4 Å². The Morgan fingerprint density at radius 3 is 1.10 bits per heavy atom. The van der Waals surface area contributed by atoms with Crippen molar-refractivity contribution in [1.29, 1.82) is 0 Å². The van der Waals surface area contributed by atoms with E-state index in [1.807, 2.05) is 6.92 Å².